The summed E-state index contributed by atoms with van der Waals surface area (Å²) in [6, 6.07) is 4.29. The molecule has 8 heteroatoms. The minimum absolute atomic E-state index is 0. The number of hydrogen-bond donors (Lipinski definition) is 2. The van der Waals surface area contributed by atoms with E-state index in [1.807, 2.05) is 18.8 Å². The smallest absolute Gasteiger partial charge is 0.193 e. The van der Waals surface area contributed by atoms with E-state index in [9.17, 15) is 5.11 Å². The van der Waals surface area contributed by atoms with Crippen molar-refractivity contribution in [1.82, 2.24) is 10.2 Å². The summed E-state index contributed by atoms with van der Waals surface area (Å²) in [4.78, 5) is 9.10. The van der Waals surface area contributed by atoms with E-state index in [2.05, 4.69) is 37.6 Å². The molecule has 3 heterocycles. The minimum atomic E-state index is -0.570. The molecule has 0 aliphatic carbocycles. The SMILES string of the molecule is CN=C(NCC1(O)CCSC1)N1CCN(c2cccs2)CC1.I. The molecule has 0 bridgehead atoms. The van der Waals surface area contributed by atoms with Crippen molar-refractivity contribution in [2.24, 2.45) is 4.99 Å². The van der Waals surface area contributed by atoms with Crippen molar-refractivity contribution in [3.63, 3.8) is 0 Å². The number of aliphatic hydroxyl groups is 1. The van der Waals surface area contributed by atoms with E-state index in [-0.39, 0.29) is 24.0 Å². The van der Waals surface area contributed by atoms with E-state index < -0.39 is 5.60 Å². The van der Waals surface area contributed by atoms with Gasteiger partial charge >= 0.3 is 0 Å². The fraction of sp³-hybridized carbons (Fsp3) is 0.667. The number of nitrogens with one attached hydrogen (secondary N) is 1. The van der Waals surface area contributed by atoms with Crippen LogP contribution in [0.2, 0.25) is 0 Å². The first-order valence-corrected chi connectivity index (χ1v) is 9.78. The van der Waals surface area contributed by atoms with Gasteiger partial charge in [0.1, 0.15) is 0 Å². The number of guanidine groups is 1. The molecule has 1 aromatic heterocycles. The second kappa shape index (κ2) is 8.77. The molecule has 5 nitrogen and oxygen atoms in total. The molecule has 0 radical (unpaired) electrons. The van der Waals surface area contributed by atoms with Crippen LogP contribution in [0, 0.1) is 0 Å². The summed E-state index contributed by atoms with van der Waals surface area (Å²) in [6.45, 7) is 4.55. The van der Waals surface area contributed by atoms with E-state index in [1.165, 1.54) is 5.00 Å². The Bertz CT molecular complexity index is 498. The Morgan fingerprint density at radius 1 is 1.39 bits per heavy atom. The van der Waals surface area contributed by atoms with Crippen LogP contribution >= 0.6 is 47.1 Å². The molecule has 2 saturated heterocycles. The normalized spacial score (nSPS) is 25.4. The van der Waals surface area contributed by atoms with E-state index in [4.69, 9.17) is 0 Å². The van der Waals surface area contributed by atoms with Crippen LogP contribution in [-0.2, 0) is 0 Å². The third-order valence-electron chi connectivity index (χ3n) is 4.27. The fourth-order valence-corrected chi connectivity index (χ4v) is 4.98. The second-order valence-electron chi connectivity index (χ2n) is 5.85. The number of hydrogen-bond acceptors (Lipinski definition) is 5. The van der Waals surface area contributed by atoms with Crippen molar-refractivity contribution in [3.8, 4) is 0 Å². The molecule has 3 rings (SSSR count). The molecule has 2 fully saturated rings. The summed E-state index contributed by atoms with van der Waals surface area (Å²) < 4.78 is 0. The highest BCUT2D eigenvalue weighted by Crippen LogP contribution is 2.27. The lowest BCUT2D eigenvalue weighted by atomic mass is 10.0. The Kier molecular flexibility index (Phi) is 7.30. The number of nitrogens with zero attached hydrogens (tertiary/aromatic N) is 3. The monoisotopic (exact) mass is 468 g/mol. The molecule has 2 aliphatic heterocycles. The highest BCUT2D eigenvalue weighted by atomic mass is 127. The number of halogens is 1. The maximum atomic E-state index is 10.4. The Labute approximate surface area is 163 Å². The predicted molar refractivity (Wildman–Crippen MR) is 112 cm³/mol. The van der Waals surface area contributed by atoms with Crippen LogP contribution in [0.25, 0.3) is 0 Å². The molecule has 0 saturated carbocycles. The third kappa shape index (κ3) is 4.90. The zero-order chi connectivity index (χ0) is 15.4. The maximum absolute atomic E-state index is 10.4. The molecule has 130 valence electrons. The van der Waals surface area contributed by atoms with Gasteiger partial charge in [0.15, 0.2) is 5.96 Å². The van der Waals surface area contributed by atoms with Crippen molar-refractivity contribution in [1.29, 1.82) is 0 Å². The average Bonchev–Trinajstić information content (AvgIpc) is 3.21. The average molecular weight is 468 g/mol. The van der Waals surface area contributed by atoms with Gasteiger partial charge in [0.05, 0.1) is 10.6 Å². The summed E-state index contributed by atoms with van der Waals surface area (Å²) in [6.07, 6.45) is 0.869. The van der Waals surface area contributed by atoms with Crippen molar-refractivity contribution >= 4 is 58.0 Å². The molecule has 2 aliphatic rings. The predicted octanol–water partition coefficient (Wildman–Crippen LogP) is 1.93. The van der Waals surface area contributed by atoms with Crippen molar-refractivity contribution < 1.29 is 5.11 Å². The number of aliphatic imine (C=N–C) groups is 1. The second-order valence-corrected chi connectivity index (χ2v) is 7.88. The van der Waals surface area contributed by atoms with Crippen LogP contribution in [0.4, 0.5) is 5.00 Å². The molecule has 0 spiro atoms. The lowest BCUT2D eigenvalue weighted by molar-refractivity contribution is 0.0716. The summed E-state index contributed by atoms with van der Waals surface area (Å²) in [5.74, 6) is 2.79. The number of thiophene rings is 1. The number of thioether (sulfide) groups is 1. The van der Waals surface area contributed by atoms with E-state index >= 15 is 0 Å². The molecule has 1 unspecified atom stereocenters. The van der Waals surface area contributed by atoms with Crippen LogP contribution < -0.4 is 10.2 Å². The summed E-state index contributed by atoms with van der Waals surface area (Å²) >= 11 is 3.62. The Morgan fingerprint density at radius 3 is 2.74 bits per heavy atom. The van der Waals surface area contributed by atoms with Crippen molar-refractivity contribution in [3.05, 3.63) is 17.5 Å². The summed E-state index contributed by atoms with van der Waals surface area (Å²) in [5, 5.41) is 17.3. The molecule has 1 atom stereocenters. The highest BCUT2D eigenvalue weighted by molar-refractivity contribution is 14.0. The third-order valence-corrected chi connectivity index (χ3v) is 6.43. The topological polar surface area (TPSA) is 51.1 Å². The number of piperazine rings is 1. The first kappa shape index (κ1) is 19.1. The van der Waals surface area contributed by atoms with Crippen molar-refractivity contribution in [2.75, 3.05) is 56.2 Å². The van der Waals surface area contributed by atoms with Crippen molar-refractivity contribution in [2.45, 2.75) is 12.0 Å². The summed E-state index contributed by atoms with van der Waals surface area (Å²) in [7, 11) is 1.82. The highest BCUT2D eigenvalue weighted by Gasteiger charge is 2.32. The van der Waals surface area contributed by atoms with E-state index in [1.54, 1.807) is 11.3 Å². The molecular formula is C15H25IN4OS2. The van der Waals surface area contributed by atoms with Gasteiger partial charge in [-0.15, -0.1) is 35.3 Å². The lowest BCUT2D eigenvalue weighted by Crippen LogP contribution is -2.54. The van der Waals surface area contributed by atoms with Gasteiger partial charge in [0.25, 0.3) is 0 Å². The van der Waals surface area contributed by atoms with Crippen LogP contribution in [-0.4, -0.2) is 72.8 Å². The molecule has 0 amide bonds. The molecular weight excluding hydrogens is 443 g/mol. The standard InChI is InChI=1S/C15H24N4OS2.HI/c1-16-14(17-11-15(20)4-10-21-12-15)19-7-5-18(6-8-19)13-3-2-9-22-13;/h2-3,9,20H,4-8,10-12H2,1H3,(H,16,17);1H. The van der Waals surface area contributed by atoms with Gasteiger partial charge in [-0.25, -0.2) is 0 Å². The first-order chi connectivity index (χ1) is 10.7. The van der Waals surface area contributed by atoms with Gasteiger partial charge in [0, 0.05) is 45.5 Å². The van der Waals surface area contributed by atoms with Gasteiger partial charge in [-0.1, -0.05) is 0 Å². The lowest BCUT2D eigenvalue weighted by Gasteiger charge is -2.37. The summed E-state index contributed by atoms with van der Waals surface area (Å²) in [5.41, 5.74) is -0.570. The first-order valence-electron chi connectivity index (χ1n) is 7.74. The minimum Gasteiger partial charge on any atom is -0.387 e. The fourth-order valence-electron chi connectivity index (χ4n) is 2.90. The largest absolute Gasteiger partial charge is 0.387 e. The molecule has 0 aromatic carbocycles. The molecule has 23 heavy (non-hydrogen) atoms. The number of rotatable bonds is 3. The van der Waals surface area contributed by atoms with Gasteiger partial charge < -0.3 is 20.2 Å². The zero-order valence-corrected chi connectivity index (χ0v) is 17.4. The van der Waals surface area contributed by atoms with Crippen LogP contribution in [0.1, 0.15) is 6.42 Å². The van der Waals surface area contributed by atoms with Gasteiger partial charge in [-0.3, -0.25) is 4.99 Å². The van der Waals surface area contributed by atoms with Gasteiger partial charge in [0.2, 0.25) is 0 Å². The van der Waals surface area contributed by atoms with E-state index in [0.29, 0.717) is 6.54 Å². The van der Waals surface area contributed by atoms with Gasteiger partial charge in [-0.05, 0) is 29.7 Å². The number of anilines is 1. The Balaban J connectivity index is 0.00000192. The Morgan fingerprint density at radius 2 is 2.17 bits per heavy atom. The van der Waals surface area contributed by atoms with E-state index in [0.717, 1.165) is 50.1 Å². The molecule has 1 aromatic rings. The maximum Gasteiger partial charge on any atom is 0.193 e. The zero-order valence-electron chi connectivity index (χ0n) is 13.4. The van der Waals surface area contributed by atoms with Gasteiger partial charge in [-0.2, -0.15) is 11.8 Å². The molecule has 2 N–H and O–H groups in total. The van der Waals surface area contributed by atoms with Crippen LogP contribution in [0.3, 0.4) is 0 Å². The Hall–Kier alpha value is -0.190. The van der Waals surface area contributed by atoms with Crippen LogP contribution in [0.5, 0.6) is 0 Å². The van der Waals surface area contributed by atoms with Crippen LogP contribution in [0.15, 0.2) is 22.5 Å². The quantitative estimate of drug-likeness (QED) is 0.404.